The molecule has 24 heavy (non-hydrogen) atoms. The fourth-order valence-electron chi connectivity index (χ4n) is 3.06. The molecule has 0 radical (unpaired) electrons. The van der Waals surface area contributed by atoms with E-state index in [-0.39, 0.29) is 5.56 Å². The Bertz CT molecular complexity index is 1140. The number of fused-ring (bicyclic) bond motifs is 3. The Kier molecular flexibility index (Phi) is 3.42. The van der Waals surface area contributed by atoms with Crippen LogP contribution in [0.3, 0.4) is 0 Å². The van der Waals surface area contributed by atoms with Crippen molar-refractivity contribution in [2.75, 3.05) is 0 Å². The van der Waals surface area contributed by atoms with E-state index in [9.17, 15) is 4.79 Å². The third-order valence-corrected chi connectivity index (χ3v) is 5.24. The predicted molar refractivity (Wildman–Crippen MR) is 97.2 cm³/mol. The molecule has 0 aliphatic rings. The lowest BCUT2D eigenvalue weighted by Gasteiger charge is -2.08. The number of aryl methyl sites for hydroxylation is 3. The van der Waals surface area contributed by atoms with Gasteiger partial charge in [0.2, 0.25) is 0 Å². The van der Waals surface area contributed by atoms with E-state index >= 15 is 0 Å². The molecule has 120 valence electrons. The lowest BCUT2D eigenvalue weighted by molar-refractivity contribution is 0.733. The zero-order chi connectivity index (χ0) is 16.8. The summed E-state index contributed by atoms with van der Waals surface area (Å²) in [7, 11) is 0. The minimum Gasteiger partial charge on any atom is -0.266 e. The number of para-hydroxylation sites is 1. The Morgan fingerprint density at radius 1 is 1.21 bits per heavy atom. The molecule has 0 saturated carbocycles. The Balaban J connectivity index is 2.08. The van der Waals surface area contributed by atoms with E-state index in [1.165, 1.54) is 16.0 Å². The van der Waals surface area contributed by atoms with Crippen LogP contribution in [0.5, 0.6) is 0 Å². The van der Waals surface area contributed by atoms with Crippen molar-refractivity contribution in [1.29, 1.82) is 0 Å². The number of thiophene rings is 1. The molecule has 0 aliphatic heterocycles. The molecule has 0 saturated heterocycles. The molecular weight excluding hydrogens is 320 g/mol. The molecule has 5 nitrogen and oxygen atoms in total. The highest BCUT2D eigenvalue weighted by molar-refractivity contribution is 7.25. The first kappa shape index (κ1) is 15.0. The number of rotatable bonds is 2. The molecule has 0 bridgehead atoms. The lowest BCUT2D eigenvalue weighted by atomic mass is 10.1. The van der Waals surface area contributed by atoms with Gasteiger partial charge >= 0.3 is 0 Å². The van der Waals surface area contributed by atoms with Gasteiger partial charge in [-0.15, -0.1) is 16.4 Å². The van der Waals surface area contributed by atoms with Gasteiger partial charge in [-0.1, -0.05) is 30.3 Å². The van der Waals surface area contributed by atoms with Gasteiger partial charge in [0, 0.05) is 11.1 Å². The van der Waals surface area contributed by atoms with Crippen molar-refractivity contribution in [1.82, 2.24) is 20.0 Å². The van der Waals surface area contributed by atoms with Crippen LogP contribution >= 0.6 is 11.3 Å². The summed E-state index contributed by atoms with van der Waals surface area (Å²) in [5, 5.41) is 9.49. The summed E-state index contributed by atoms with van der Waals surface area (Å²) in [6.07, 6.45) is 0.828. The van der Waals surface area contributed by atoms with Crippen LogP contribution in [-0.4, -0.2) is 20.0 Å². The van der Waals surface area contributed by atoms with E-state index in [4.69, 9.17) is 0 Å². The first-order chi connectivity index (χ1) is 11.6. The third kappa shape index (κ3) is 2.14. The van der Waals surface area contributed by atoms with Crippen LogP contribution in [0.4, 0.5) is 0 Å². The van der Waals surface area contributed by atoms with Crippen LogP contribution in [0, 0.1) is 13.8 Å². The fourth-order valence-corrected chi connectivity index (χ4v) is 4.22. The maximum atomic E-state index is 13.0. The van der Waals surface area contributed by atoms with Gasteiger partial charge in [-0.2, -0.15) is 4.68 Å². The quantitative estimate of drug-likeness (QED) is 0.561. The first-order valence-corrected chi connectivity index (χ1v) is 8.66. The average molecular weight is 336 g/mol. The predicted octanol–water partition coefficient (Wildman–Crippen LogP) is 3.57. The Hall–Kier alpha value is -2.60. The van der Waals surface area contributed by atoms with Crippen LogP contribution in [0.15, 0.2) is 35.1 Å². The number of aromatic nitrogens is 4. The summed E-state index contributed by atoms with van der Waals surface area (Å²) in [6, 6.07) is 9.80. The molecule has 1 aromatic carbocycles. The van der Waals surface area contributed by atoms with Crippen molar-refractivity contribution in [3.63, 3.8) is 0 Å². The summed E-state index contributed by atoms with van der Waals surface area (Å²) < 4.78 is 2.01. The number of pyridine rings is 1. The smallest absolute Gasteiger partial charge is 0.266 e. The molecule has 3 heterocycles. The van der Waals surface area contributed by atoms with Gasteiger partial charge in [0.05, 0.1) is 5.69 Å². The van der Waals surface area contributed by atoms with Gasteiger partial charge in [-0.3, -0.25) is 4.79 Å². The second kappa shape index (κ2) is 5.49. The first-order valence-electron chi connectivity index (χ1n) is 7.85. The van der Waals surface area contributed by atoms with Crippen molar-refractivity contribution in [2.24, 2.45) is 0 Å². The minimum atomic E-state index is -0.138. The average Bonchev–Trinajstić information content (AvgIpc) is 2.94. The van der Waals surface area contributed by atoms with Gasteiger partial charge in [0.25, 0.3) is 5.56 Å². The molecule has 0 aliphatic carbocycles. The molecule has 0 fully saturated rings. The fraction of sp³-hybridized carbons (Fsp3) is 0.222. The highest BCUT2D eigenvalue weighted by Crippen LogP contribution is 2.31. The van der Waals surface area contributed by atoms with Crippen LogP contribution in [-0.2, 0) is 6.42 Å². The zero-order valence-electron chi connectivity index (χ0n) is 13.7. The monoisotopic (exact) mass is 336 g/mol. The van der Waals surface area contributed by atoms with E-state index < -0.39 is 0 Å². The van der Waals surface area contributed by atoms with Crippen LogP contribution in [0.25, 0.3) is 26.1 Å². The number of benzene rings is 1. The number of nitrogens with zero attached hydrogens (tertiary/aromatic N) is 4. The topological polar surface area (TPSA) is 60.7 Å². The van der Waals surface area contributed by atoms with Crippen molar-refractivity contribution in [3.8, 4) is 5.69 Å². The van der Waals surface area contributed by atoms with Gasteiger partial charge in [0.1, 0.15) is 15.0 Å². The largest absolute Gasteiger partial charge is 0.292 e. The number of hydrogen-bond acceptors (Lipinski definition) is 5. The summed E-state index contributed by atoms with van der Waals surface area (Å²) in [6.45, 7) is 6.03. The summed E-state index contributed by atoms with van der Waals surface area (Å²) >= 11 is 1.39. The normalized spacial score (nSPS) is 11.5. The molecule has 0 amide bonds. The summed E-state index contributed by atoms with van der Waals surface area (Å²) in [4.78, 5) is 18.4. The maximum Gasteiger partial charge on any atom is 0.292 e. The van der Waals surface area contributed by atoms with Gasteiger partial charge in [0.15, 0.2) is 0 Å². The van der Waals surface area contributed by atoms with Gasteiger partial charge in [-0.05, 0) is 43.5 Å². The van der Waals surface area contributed by atoms with E-state index in [2.05, 4.69) is 22.2 Å². The SMILES string of the molecule is CCc1ccccc1-n1nnc2c(sc3nc(C)cc(C)c32)c1=O. The molecule has 3 aromatic heterocycles. The molecule has 0 atom stereocenters. The highest BCUT2D eigenvalue weighted by atomic mass is 32.1. The van der Waals surface area contributed by atoms with E-state index in [0.29, 0.717) is 10.2 Å². The summed E-state index contributed by atoms with van der Waals surface area (Å²) in [5.74, 6) is 0. The summed E-state index contributed by atoms with van der Waals surface area (Å²) in [5.41, 5.74) is 4.38. The molecule has 0 spiro atoms. The highest BCUT2D eigenvalue weighted by Gasteiger charge is 2.17. The molecule has 0 unspecified atom stereocenters. The van der Waals surface area contributed by atoms with E-state index in [1.54, 1.807) is 0 Å². The van der Waals surface area contributed by atoms with E-state index in [0.717, 1.165) is 39.1 Å². The third-order valence-electron chi connectivity index (χ3n) is 4.18. The molecule has 0 N–H and O–H groups in total. The van der Waals surface area contributed by atoms with Gasteiger partial charge < -0.3 is 0 Å². The molecule has 6 heteroatoms. The minimum absolute atomic E-state index is 0.138. The molecular formula is C18H16N4OS. The molecule has 4 rings (SSSR count). The van der Waals surface area contributed by atoms with Gasteiger partial charge in [-0.25, -0.2) is 4.98 Å². The van der Waals surface area contributed by atoms with E-state index in [1.807, 2.05) is 44.2 Å². The maximum absolute atomic E-state index is 13.0. The lowest BCUT2D eigenvalue weighted by Crippen LogP contribution is -2.22. The van der Waals surface area contributed by atoms with Crippen LogP contribution in [0.1, 0.15) is 23.7 Å². The second-order valence-corrected chi connectivity index (χ2v) is 6.83. The van der Waals surface area contributed by atoms with Crippen molar-refractivity contribution >= 4 is 31.8 Å². The van der Waals surface area contributed by atoms with Crippen LogP contribution in [0.2, 0.25) is 0 Å². The van der Waals surface area contributed by atoms with Crippen LogP contribution < -0.4 is 5.56 Å². The standard InChI is InChI=1S/C18H16N4OS/c1-4-12-7-5-6-8-13(12)22-18(23)16-15(20-21-22)14-10(2)9-11(3)19-17(14)24-16/h5-9H,4H2,1-3H3. The van der Waals surface area contributed by atoms with Crippen molar-refractivity contribution < 1.29 is 0 Å². The molecule has 4 aromatic rings. The number of hydrogen-bond donors (Lipinski definition) is 0. The van der Waals surface area contributed by atoms with Crippen molar-refractivity contribution in [2.45, 2.75) is 27.2 Å². The second-order valence-electron chi connectivity index (χ2n) is 5.83. The zero-order valence-corrected chi connectivity index (χ0v) is 14.5. The van der Waals surface area contributed by atoms with Crippen molar-refractivity contribution in [3.05, 3.63) is 57.5 Å². The Morgan fingerprint density at radius 3 is 2.79 bits per heavy atom. The Morgan fingerprint density at radius 2 is 2.00 bits per heavy atom. The Labute approximate surface area is 142 Å².